The molecule has 19 heavy (non-hydrogen) atoms. The van der Waals surface area contributed by atoms with E-state index < -0.39 is 0 Å². The summed E-state index contributed by atoms with van der Waals surface area (Å²) in [5, 5.41) is 3.46. The summed E-state index contributed by atoms with van der Waals surface area (Å²) in [6.07, 6.45) is -0.0352. The molecule has 0 saturated carbocycles. The number of rotatable bonds is 1. The summed E-state index contributed by atoms with van der Waals surface area (Å²) in [4.78, 5) is 0. The first-order valence-corrected chi connectivity index (χ1v) is 6.44. The number of hydrogen-bond donors (Lipinski definition) is 1. The van der Waals surface area contributed by atoms with Crippen LogP contribution < -0.4 is 14.8 Å². The van der Waals surface area contributed by atoms with Crippen molar-refractivity contribution in [1.29, 1.82) is 0 Å². The van der Waals surface area contributed by atoms with Crippen LogP contribution in [-0.2, 0) is 5.41 Å². The third kappa shape index (κ3) is 1.22. The average molecular weight is 253 g/mol. The van der Waals surface area contributed by atoms with Gasteiger partial charge < -0.3 is 14.8 Å². The zero-order valence-corrected chi connectivity index (χ0v) is 10.9. The van der Waals surface area contributed by atoms with Crippen LogP contribution in [0.25, 0.3) is 0 Å². The molecular weight excluding hydrogens is 238 g/mol. The molecule has 0 spiro atoms. The van der Waals surface area contributed by atoms with Crippen LogP contribution in [0.1, 0.15) is 18.1 Å². The summed E-state index contributed by atoms with van der Waals surface area (Å²) in [6, 6.07) is 14.4. The van der Waals surface area contributed by atoms with Gasteiger partial charge in [-0.15, -0.1) is 0 Å². The molecule has 2 aromatic rings. The molecule has 0 aromatic heterocycles. The Balaban J connectivity index is 1.96. The Hall–Kier alpha value is -2.16. The van der Waals surface area contributed by atoms with Crippen molar-refractivity contribution in [3.8, 4) is 11.5 Å². The minimum Gasteiger partial charge on any atom is -0.497 e. The van der Waals surface area contributed by atoms with Gasteiger partial charge in [-0.1, -0.05) is 18.2 Å². The highest BCUT2D eigenvalue weighted by atomic mass is 16.5. The zero-order valence-electron chi connectivity index (χ0n) is 10.9. The fourth-order valence-corrected chi connectivity index (χ4v) is 3.19. The van der Waals surface area contributed by atoms with E-state index in [9.17, 15) is 0 Å². The summed E-state index contributed by atoms with van der Waals surface area (Å²) in [5.74, 6) is 1.81. The van der Waals surface area contributed by atoms with Gasteiger partial charge in [-0.2, -0.15) is 0 Å². The van der Waals surface area contributed by atoms with E-state index in [0.717, 1.165) is 17.2 Å². The van der Waals surface area contributed by atoms with Gasteiger partial charge in [-0.05, 0) is 36.8 Å². The molecule has 0 fully saturated rings. The number of para-hydroxylation sites is 1. The Morgan fingerprint density at radius 2 is 2.00 bits per heavy atom. The molecule has 2 heterocycles. The van der Waals surface area contributed by atoms with Gasteiger partial charge in [-0.25, -0.2) is 0 Å². The lowest BCUT2D eigenvalue weighted by Crippen LogP contribution is -2.35. The van der Waals surface area contributed by atoms with Crippen molar-refractivity contribution >= 4 is 5.69 Å². The number of anilines is 1. The highest BCUT2D eigenvalue weighted by Crippen LogP contribution is 2.53. The number of hydrogen-bond acceptors (Lipinski definition) is 3. The van der Waals surface area contributed by atoms with Gasteiger partial charge in [-0.3, -0.25) is 0 Å². The van der Waals surface area contributed by atoms with Crippen LogP contribution in [0.5, 0.6) is 11.5 Å². The molecule has 0 aliphatic carbocycles. The maximum absolute atomic E-state index is 6.05. The summed E-state index contributed by atoms with van der Waals surface area (Å²) in [7, 11) is 1.69. The molecule has 0 radical (unpaired) electrons. The largest absolute Gasteiger partial charge is 0.497 e. The van der Waals surface area contributed by atoms with Crippen molar-refractivity contribution in [2.75, 3.05) is 12.4 Å². The molecule has 0 saturated heterocycles. The van der Waals surface area contributed by atoms with Gasteiger partial charge in [0.2, 0.25) is 0 Å². The lowest BCUT2D eigenvalue weighted by Gasteiger charge is -2.23. The Bertz CT molecular complexity index is 668. The smallest absolute Gasteiger partial charge is 0.183 e. The first kappa shape index (κ1) is 10.7. The van der Waals surface area contributed by atoms with Crippen LogP contribution in [0.3, 0.4) is 0 Å². The first-order chi connectivity index (χ1) is 9.23. The number of methoxy groups -OCH3 is 1. The van der Waals surface area contributed by atoms with E-state index in [1.807, 2.05) is 18.2 Å². The number of ether oxygens (including phenoxy) is 2. The topological polar surface area (TPSA) is 30.5 Å². The van der Waals surface area contributed by atoms with E-state index >= 15 is 0 Å². The van der Waals surface area contributed by atoms with Crippen LogP contribution in [0, 0.1) is 0 Å². The molecule has 3 nitrogen and oxygen atoms in total. The Morgan fingerprint density at radius 1 is 1.16 bits per heavy atom. The van der Waals surface area contributed by atoms with Crippen molar-refractivity contribution in [1.82, 2.24) is 0 Å². The molecule has 4 rings (SSSR count). The second-order valence-electron chi connectivity index (χ2n) is 5.25. The van der Waals surface area contributed by atoms with Crippen molar-refractivity contribution in [3.63, 3.8) is 0 Å². The van der Waals surface area contributed by atoms with Crippen molar-refractivity contribution in [2.24, 2.45) is 0 Å². The summed E-state index contributed by atoms with van der Waals surface area (Å²) < 4.78 is 11.4. The molecule has 1 N–H and O–H groups in total. The van der Waals surface area contributed by atoms with E-state index in [-0.39, 0.29) is 11.6 Å². The van der Waals surface area contributed by atoms with Crippen LogP contribution in [0.15, 0.2) is 42.5 Å². The molecule has 96 valence electrons. The summed E-state index contributed by atoms with van der Waals surface area (Å²) in [5.41, 5.74) is 3.48. The fraction of sp³-hybridized carbons (Fsp3) is 0.250. The molecule has 3 heteroatoms. The van der Waals surface area contributed by atoms with Gasteiger partial charge in [0.1, 0.15) is 11.5 Å². The first-order valence-electron chi connectivity index (χ1n) is 6.44. The van der Waals surface area contributed by atoms with E-state index in [4.69, 9.17) is 9.47 Å². The van der Waals surface area contributed by atoms with Crippen LogP contribution in [0.2, 0.25) is 0 Å². The van der Waals surface area contributed by atoms with Gasteiger partial charge in [0, 0.05) is 11.3 Å². The predicted octanol–water partition coefficient (Wildman–Crippen LogP) is 3.15. The Kier molecular flexibility index (Phi) is 1.94. The molecule has 2 aromatic carbocycles. The minimum absolute atomic E-state index is 0.0352. The Labute approximate surface area is 112 Å². The standard InChI is InChI=1S/C16H15NO2/c1-16-11-5-3-4-6-13(11)17-15(16)19-14-8-7-10(18-2)9-12(14)16/h3-9,15,17H,1-2H3/t15-,16+/m1/s1. The third-order valence-corrected chi connectivity index (χ3v) is 4.29. The molecule has 2 aliphatic heterocycles. The van der Waals surface area contributed by atoms with Crippen molar-refractivity contribution < 1.29 is 9.47 Å². The molecule has 2 aliphatic rings. The van der Waals surface area contributed by atoms with Crippen molar-refractivity contribution in [2.45, 2.75) is 18.6 Å². The summed E-state index contributed by atoms with van der Waals surface area (Å²) >= 11 is 0. The maximum atomic E-state index is 6.05. The second kappa shape index (κ2) is 3.44. The fourth-order valence-electron chi connectivity index (χ4n) is 3.19. The second-order valence-corrected chi connectivity index (χ2v) is 5.25. The van der Waals surface area contributed by atoms with Gasteiger partial charge in [0.05, 0.1) is 12.5 Å². The lowest BCUT2D eigenvalue weighted by molar-refractivity contribution is 0.217. The van der Waals surface area contributed by atoms with E-state index in [2.05, 4.69) is 36.5 Å². The average Bonchev–Trinajstić information content (AvgIpc) is 2.88. The quantitative estimate of drug-likeness (QED) is 0.847. The number of fused-ring (bicyclic) bond motifs is 5. The van der Waals surface area contributed by atoms with Gasteiger partial charge in [0.15, 0.2) is 6.23 Å². The SMILES string of the molecule is COc1ccc2c(c1)[C@]1(C)c3ccccc3N[C@@H]1O2. The lowest BCUT2D eigenvalue weighted by atomic mass is 9.78. The monoisotopic (exact) mass is 253 g/mol. The molecule has 0 unspecified atom stereocenters. The van der Waals surface area contributed by atoms with Crippen LogP contribution in [0.4, 0.5) is 5.69 Å². The summed E-state index contributed by atoms with van der Waals surface area (Å²) in [6.45, 7) is 2.22. The van der Waals surface area contributed by atoms with E-state index in [1.54, 1.807) is 7.11 Å². The van der Waals surface area contributed by atoms with E-state index in [0.29, 0.717) is 0 Å². The van der Waals surface area contributed by atoms with Crippen molar-refractivity contribution in [3.05, 3.63) is 53.6 Å². The molecule has 0 amide bonds. The van der Waals surface area contributed by atoms with Crippen LogP contribution >= 0.6 is 0 Å². The molecule has 0 bridgehead atoms. The highest BCUT2D eigenvalue weighted by molar-refractivity contribution is 5.69. The maximum Gasteiger partial charge on any atom is 0.183 e. The van der Waals surface area contributed by atoms with Crippen LogP contribution in [-0.4, -0.2) is 13.3 Å². The molecule has 2 atom stereocenters. The number of benzene rings is 2. The zero-order chi connectivity index (χ0) is 13.0. The van der Waals surface area contributed by atoms with E-state index in [1.165, 1.54) is 11.1 Å². The molecular formula is C16H15NO2. The van der Waals surface area contributed by atoms with Gasteiger partial charge in [0.25, 0.3) is 0 Å². The number of nitrogens with one attached hydrogen (secondary N) is 1. The Morgan fingerprint density at radius 3 is 2.84 bits per heavy atom. The third-order valence-electron chi connectivity index (χ3n) is 4.29. The minimum atomic E-state index is -0.152. The van der Waals surface area contributed by atoms with Gasteiger partial charge >= 0.3 is 0 Å². The normalized spacial score (nSPS) is 25.9. The highest BCUT2D eigenvalue weighted by Gasteiger charge is 2.52. The predicted molar refractivity (Wildman–Crippen MR) is 73.9 cm³/mol.